The van der Waals surface area contributed by atoms with Gasteiger partial charge in [-0.15, -0.1) is 0 Å². The maximum Gasteiger partial charge on any atom is 0.231 e. The predicted octanol–water partition coefficient (Wildman–Crippen LogP) is 3.16. The van der Waals surface area contributed by atoms with E-state index in [-0.39, 0.29) is 17.3 Å². The van der Waals surface area contributed by atoms with Crippen LogP contribution in [0.5, 0.6) is 11.5 Å². The van der Waals surface area contributed by atoms with Gasteiger partial charge in [0, 0.05) is 6.07 Å². The van der Waals surface area contributed by atoms with Crippen molar-refractivity contribution in [3.05, 3.63) is 65.8 Å². The van der Waals surface area contributed by atoms with E-state index in [9.17, 15) is 9.90 Å². The molecule has 0 atom stereocenters. The van der Waals surface area contributed by atoms with Gasteiger partial charge in [0.1, 0.15) is 17.3 Å². The van der Waals surface area contributed by atoms with Crippen LogP contribution in [-0.4, -0.2) is 10.9 Å². The van der Waals surface area contributed by atoms with E-state index in [4.69, 9.17) is 9.15 Å². The number of carbonyl (C=O) groups is 1. The van der Waals surface area contributed by atoms with Gasteiger partial charge in [0.15, 0.2) is 5.76 Å². The third kappa shape index (κ3) is 2.15. The van der Waals surface area contributed by atoms with Gasteiger partial charge in [0.25, 0.3) is 0 Å². The molecular weight excluding hydrogens is 244 g/mol. The Hall–Kier alpha value is -2.75. The summed E-state index contributed by atoms with van der Waals surface area (Å²) < 4.78 is 10.5. The molecule has 0 amide bonds. The van der Waals surface area contributed by atoms with Crippen molar-refractivity contribution in [1.82, 2.24) is 0 Å². The average molecular weight is 254 g/mol. The van der Waals surface area contributed by atoms with Gasteiger partial charge in [-0.1, -0.05) is 6.08 Å². The quantitative estimate of drug-likeness (QED) is 0.836. The maximum atomic E-state index is 12.0. The van der Waals surface area contributed by atoms with Gasteiger partial charge in [0.2, 0.25) is 5.78 Å². The second-order valence-corrected chi connectivity index (χ2v) is 4.02. The summed E-state index contributed by atoms with van der Waals surface area (Å²) in [5.41, 5.74) is 0.454. The summed E-state index contributed by atoms with van der Waals surface area (Å²) in [6.07, 6.45) is 6.55. The second kappa shape index (κ2) is 4.49. The zero-order valence-electron chi connectivity index (χ0n) is 9.87. The summed E-state index contributed by atoms with van der Waals surface area (Å²) >= 11 is 0. The fraction of sp³-hybridized carbons (Fsp3) is 0. The Morgan fingerprint density at radius 2 is 2.11 bits per heavy atom. The number of ether oxygens (including phenoxy) is 1. The number of benzene rings is 1. The molecule has 1 aliphatic heterocycles. The monoisotopic (exact) mass is 254 g/mol. The van der Waals surface area contributed by atoms with E-state index in [1.807, 2.05) is 0 Å². The van der Waals surface area contributed by atoms with Gasteiger partial charge in [-0.2, -0.15) is 0 Å². The van der Waals surface area contributed by atoms with Crippen molar-refractivity contribution in [3.8, 4) is 11.5 Å². The van der Waals surface area contributed by atoms with Crippen molar-refractivity contribution in [2.45, 2.75) is 0 Å². The molecule has 94 valence electrons. The van der Waals surface area contributed by atoms with Gasteiger partial charge in [0.05, 0.1) is 11.8 Å². The van der Waals surface area contributed by atoms with E-state index >= 15 is 0 Å². The molecule has 0 saturated heterocycles. The number of allylic oxidation sites excluding steroid dienone is 3. The van der Waals surface area contributed by atoms with Crippen molar-refractivity contribution >= 4 is 11.9 Å². The molecule has 1 aromatic heterocycles. The number of Topliss-reactive ketones (excluding diaryl/α,β-unsaturated/α-hetero) is 1. The molecule has 0 unspecified atom stereocenters. The van der Waals surface area contributed by atoms with E-state index < -0.39 is 0 Å². The van der Waals surface area contributed by atoms with Gasteiger partial charge in [-0.25, -0.2) is 0 Å². The minimum absolute atomic E-state index is 0.0685. The first-order valence-electron chi connectivity index (χ1n) is 5.71. The zero-order chi connectivity index (χ0) is 13.2. The van der Waals surface area contributed by atoms with Crippen LogP contribution in [0.3, 0.4) is 0 Å². The number of phenolic OH excluding ortho intramolecular Hbond substituents is 1. The Morgan fingerprint density at radius 1 is 1.21 bits per heavy atom. The zero-order valence-corrected chi connectivity index (χ0v) is 9.87. The standard InChI is InChI=1S/C15H10O4/c16-10-6-7-12-14(9-10)19-13(15(12)17)5-1-3-11-4-2-8-18-11/h1-9,16H. The number of ketones is 1. The first kappa shape index (κ1) is 11.3. The molecule has 0 bridgehead atoms. The molecule has 1 aromatic carbocycles. The van der Waals surface area contributed by atoms with E-state index in [1.165, 1.54) is 12.1 Å². The van der Waals surface area contributed by atoms with E-state index in [0.717, 1.165) is 0 Å². The summed E-state index contributed by atoms with van der Waals surface area (Å²) in [6.45, 7) is 0. The molecule has 0 saturated carbocycles. The number of furan rings is 1. The Bertz CT molecular complexity index is 678. The Labute approximate surface area is 109 Å². The lowest BCUT2D eigenvalue weighted by Gasteiger charge is -1.96. The number of hydrogen-bond acceptors (Lipinski definition) is 4. The normalized spacial score (nSPS) is 16.0. The average Bonchev–Trinajstić information content (AvgIpc) is 2.99. The fourth-order valence-corrected chi connectivity index (χ4v) is 1.81. The number of fused-ring (bicyclic) bond motifs is 1. The van der Waals surface area contributed by atoms with Gasteiger partial charge in [-0.3, -0.25) is 4.79 Å². The maximum absolute atomic E-state index is 12.0. The van der Waals surface area contributed by atoms with Crippen LogP contribution in [0.4, 0.5) is 0 Å². The van der Waals surface area contributed by atoms with Crippen LogP contribution in [0.25, 0.3) is 6.08 Å². The van der Waals surface area contributed by atoms with Crippen LogP contribution in [0.1, 0.15) is 16.1 Å². The summed E-state index contributed by atoms with van der Waals surface area (Å²) in [7, 11) is 0. The Kier molecular flexibility index (Phi) is 2.68. The molecule has 4 nitrogen and oxygen atoms in total. The molecule has 3 rings (SSSR count). The molecule has 0 radical (unpaired) electrons. The third-order valence-corrected chi connectivity index (χ3v) is 2.70. The van der Waals surface area contributed by atoms with Crippen LogP contribution < -0.4 is 4.74 Å². The number of hydrogen-bond donors (Lipinski definition) is 1. The van der Waals surface area contributed by atoms with E-state index in [2.05, 4.69) is 0 Å². The smallest absolute Gasteiger partial charge is 0.231 e. The van der Waals surface area contributed by atoms with E-state index in [0.29, 0.717) is 17.1 Å². The molecule has 1 N–H and O–H groups in total. The largest absolute Gasteiger partial charge is 0.508 e. The topological polar surface area (TPSA) is 59.7 Å². The first-order chi connectivity index (χ1) is 9.24. The lowest BCUT2D eigenvalue weighted by molar-refractivity contribution is 0.101. The molecule has 2 heterocycles. The lowest BCUT2D eigenvalue weighted by Crippen LogP contribution is -1.97. The van der Waals surface area contributed by atoms with Crippen LogP contribution in [0.2, 0.25) is 0 Å². The van der Waals surface area contributed by atoms with Crippen LogP contribution in [-0.2, 0) is 0 Å². The SMILES string of the molecule is O=C1C(=CC=Cc2ccco2)Oc2cc(O)ccc21. The molecule has 4 heteroatoms. The van der Waals surface area contributed by atoms with Gasteiger partial charge in [-0.05, 0) is 36.4 Å². The molecule has 0 fully saturated rings. The Morgan fingerprint density at radius 3 is 2.89 bits per heavy atom. The van der Waals surface area contributed by atoms with Crippen molar-refractivity contribution in [1.29, 1.82) is 0 Å². The summed E-state index contributed by atoms with van der Waals surface area (Å²) in [4.78, 5) is 12.0. The van der Waals surface area contributed by atoms with Crippen LogP contribution in [0, 0.1) is 0 Å². The van der Waals surface area contributed by atoms with Crippen molar-refractivity contribution < 1.29 is 19.1 Å². The highest BCUT2D eigenvalue weighted by atomic mass is 16.5. The van der Waals surface area contributed by atoms with Crippen LogP contribution in [0.15, 0.2) is 58.9 Å². The predicted molar refractivity (Wildman–Crippen MR) is 68.9 cm³/mol. The highest BCUT2D eigenvalue weighted by Gasteiger charge is 2.26. The van der Waals surface area contributed by atoms with Gasteiger partial charge >= 0.3 is 0 Å². The summed E-state index contributed by atoms with van der Waals surface area (Å²) in [5.74, 6) is 1.17. The van der Waals surface area contributed by atoms with Crippen molar-refractivity contribution in [2.24, 2.45) is 0 Å². The third-order valence-electron chi connectivity index (χ3n) is 2.70. The molecule has 1 aliphatic rings. The molecule has 0 aliphatic carbocycles. The minimum atomic E-state index is -0.195. The number of aromatic hydroxyl groups is 1. The van der Waals surface area contributed by atoms with Crippen molar-refractivity contribution in [2.75, 3.05) is 0 Å². The molecule has 0 spiro atoms. The molecule has 2 aromatic rings. The summed E-state index contributed by atoms with van der Waals surface area (Å²) in [6, 6.07) is 8.01. The number of rotatable bonds is 2. The lowest BCUT2D eigenvalue weighted by atomic mass is 10.1. The van der Waals surface area contributed by atoms with E-state index in [1.54, 1.807) is 42.7 Å². The highest BCUT2D eigenvalue weighted by molar-refractivity contribution is 6.12. The van der Waals surface area contributed by atoms with Gasteiger partial charge < -0.3 is 14.3 Å². The van der Waals surface area contributed by atoms with Crippen molar-refractivity contribution in [3.63, 3.8) is 0 Å². The first-order valence-corrected chi connectivity index (χ1v) is 5.71. The molecule has 19 heavy (non-hydrogen) atoms. The Balaban J connectivity index is 1.83. The van der Waals surface area contributed by atoms with Crippen LogP contribution >= 0.6 is 0 Å². The minimum Gasteiger partial charge on any atom is -0.508 e. The summed E-state index contributed by atoms with van der Waals surface area (Å²) in [5, 5.41) is 9.33. The molecular formula is C15H10O4. The number of carbonyl (C=O) groups excluding carboxylic acids is 1. The highest BCUT2D eigenvalue weighted by Crippen LogP contribution is 2.33. The second-order valence-electron chi connectivity index (χ2n) is 4.02. The fourth-order valence-electron chi connectivity index (χ4n) is 1.81. The number of phenols is 1.